The number of nitrogens with one attached hydrogen (secondary N) is 3. The molecule has 0 aliphatic carbocycles. The Labute approximate surface area is 229 Å². The molecule has 0 atom stereocenters. The number of hydrogen-bond donors (Lipinski definition) is 3. The Morgan fingerprint density at radius 1 is 0.725 bits per heavy atom. The second-order valence-corrected chi connectivity index (χ2v) is 8.61. The Bertz CT molecular complexity index is 1570. The lowest BCUT2D eigenvalue weighted by Crippen LogP contribution is -2.08. The molecule has 40 heavy (non-hydrogen) atoms. The van der Waals surface area contributed by atoms with Crippen LogP contribution in [-0.2, 0) is 6.42 Å². The van der Waals surface area contributed by atoms with Gasteiger partial charge in [-0.3, -0.25) is 10.1 Å². The summed E-state index contributed by atoms with van der Waals surface area (Å²) in [6, 6.07) is 31.1. The van der Waals surface area contributed by atoms with Gasteiger partial charge in [0.15, 0.2) is 0 Å². The molecule has 0 saturated heterocycles. The largest absolute Gasteiger partial charge is 0.867 e. The van der Waals surface area contributed by atoms with Gasteiger partial charge < -0.3 is 15.7 Å². The summed E-state index contributed by atoms with van der Waals surface area (Å²) in [5, 5.41) is 34.7. The van der Waals surface area contributed by atoms with Gasteiger partial charge in [-0.1, -0.05) is 66.7 Å². The van der Waals surface area contributed by atoms with Gasteiger partial charge in [-0.25, -0.2) is 5.43 Å². The summed E-state index contributed by atoms with van der Waals surface area (Å²) < 4.78 is 0. The number of para-hydroxylation sites is 2. The quantitative estimate of drug-likeness (QED) is 0.122. The van der Waals surface area contributed by atoms with Gasteiger partial charge in [0.05, 0.1) is 11.1 Å². The molecular weight excluding hydrogens is 508 g/mol. The molecular formula is C29H23N8O3-. The molecule has 0 fully saturated rings. The first-order chi connectivity index (χ1) is 19.5. The highest BCUT2D eigenvalue weighted by molar-refractivity contribution is 5.86. The number of rotatable bonds is 10. The van der Waals surface area contributed by atoms with Gasteiger partial charge in [0.25, 0.3) is 5.69 Å². The highest BCUT2D eigenvalue weighted by atomic mass is 16.6. The summed E-state index contributed by atoms with van der Waals surface area (Å²) in [6.45, 7) is 0. The van der Waals surface area contributed by atoms with E-state index < -0.39 is 16.4 Å². The van der Waals surface area contributed by atoms with Crippen LogP contribution in [-0.4, -0.2) is 26.1 Å². The molecule has 5 rings (SSSR count). The van der Waals surface area contributed by atoms with E-state index >= 15 is 0 Å². The van der Waals surface area contributed by atoms with Gasteiger partial charge in [0, 0.05) is 17.4 Å². The second kappa shape index (κ2) is 12.1. The monoisotopic (exact) mass is 531 g/mol. The predicted molar refractivity (Wildman–Crippen MR) is 152 cm³/mol. The Balaban J connectivity index is 1.41. The molecule has 5 aromatic rings. The van der Waals surface area contributed by atoms with Crippen molar-refractivity contribution in [3.05, 3.63) is 130 Å². The second-order valence-electron chi connectivity index (χ2n) is 8.61. The SMILES string of the molecule is O=[N+]([O-])c1cc(Cc2ccccc2)cc(/C=N\Nc2nc(Nc3ccccc3)nc(Nc3ccccc3)n2)c1[O-]. The molecule has 0 saturated carbocycles. The summed E-state index contributed by atoms with van der Waals surface area (Å²) in [7, 11) is 0. The molecule has 0 aliphatic rings. The van der Waals surface area contributed by atoms with Crippen LogP contribution in [0, 0.1) is 10.1 Å². The molecule has 0 amide bonds. The van der Waals surface area contributed by atoms with Crippen molar-refractivity contribution in [1.29, 1.82) is 0 Å². The molecule has 11 heteroatoms. The third kappa shape index (κ3) is 6.72. The molecule has 0 radical (unpaired) electrons. The lowest BCUT2D eigenvalue weighted by Gasteiger charge is -2.13. The van der Waals surface area contributed by atoms with E-state index in [-0.39, 0.29) is 23.4 Å². The molecule has 0 spiro atoms. The van der Waals surface area contributed by atoms with Crippen molar-refractivity contribution in [2.24, 2.45) is 5.10 Å². The number of aromatic nitrogens is 3. The number of anilines is 5. The number of nitro groups is 1. The average Bonchev–Trinajstić information content (AvgIpc) is 2.96. The molecule has 0 unspecified atom stereocenters. The zero-order valence-electron chi connectivity index (χ0n) is 21.1. The van der Waals surface area contributed by atoms with Crippen molar-refractivity contribution in [3.63, 3.8) is 0 Å². The number of nitrogens with zero attached hydrogens (tertiary/aromatic N) is 5. The summed E-state index contributed by atoms with van der Waals surface area (Å²) >= 11 is 0. The third-order valence-electron chi connectivity index (χ3n) is 5.67. The number of hydrogen-bond acceptors (Lipinski definition) is 10. The van der Waals surface area contributed by atoms with E-state index in [2.05, 4.69) is 36.1 Å². The fourth-order valence-corrected chi connectivity index (χ4v) is 3.86. The van der Waals surface area contributed by atoms with Crippen LogP contribution >= 0.6 is 0 Å². The Hall–Kier alpha value is -5.84. The topological polar surface area (TPSA) is 153 Å². The van der Waals surface area contributed by atoms with Crippen LogP contribution in [0.4, 0.5) is 34.9 Å². The first-order valence-corrected chi connectivity index (χ1v) is 12.2. The summed E-state index contributed by atoms with van der Waals surface area (Å²) in [5.74, 6) is -0.143. The van der Waals surface area contributed by atoms with E-state index in [1.165, 1.54) is 12.3 Å². The van der Waals surface area contributed by atoms with Crippen LogP contribution in [0.3, 0.4) is 0 Å². The minimum Gasteiger partial charge on any atom is -0.867 e. The van der Waals surface area contributed by atoms with E-state index in [1.807, 2.05) is 91.0 Å². The number of hydrazone groups is 1. The van der Waals surface area contributed by atoms with Crippen molar-refractivity contribution in [2.75, 3.05) is 16.1 Å². The highest BCUT2D eigenvalue weighted by Crippen LogP contribution is 2.29. The smallest absolute Gasteiger partial charge is 0.262 e. The number of benzene rings is 4. The van der Waals surface area contributed by atoms with Crippen LogP contribution in [0.1, 0.15) is 16.7 Å². The van der Waals surface area contributed by atoms with Crippen molar-refractivity contribution >= 4 is 41.1 Å². The van der Waals surface area contributed by atoms with Crippen LogP contribution in [0.5, 0.6) is 5.75 Å². The van der Waals surface area contributed by atoms with Crippen molar-refractivity contribution in [2.45, 2.75) is 6.42 Å². The summed E-state index contributed by atoms with van der Waals surface area (Å²) in [5.41, 5.74) is 5.37. The van der Waals surface area contributed by atoms with E-state index in [0.29, 0.717) is 12.0 Å². The van der Waals surface area contributed by atoms with E-state index in [4.69, 9.17) is 0 Å². The Morgan fingerprint density at radius 2 is 1.25 bits per heavy atom. The normalized spacial score (nSPS) is 10.8. The molecule has 3 N–H and O–H groups in total. The maximum absolute atomic E-state index is 12.8. The molecule has 0 aliphatic heterocycles. The molecule has 1 aromatic heterocycles. The fraction of sp³-hybridized carbons (Fsp3) is 0.0345. The van der Waals surface area contributed by atoms with Crippen LogP contribution in [0.25, 0.3) is 0 Å². The third-order valence-corrected chi connectivity index (χ3v) is 5.67. The highest BCUT2D eigenvalue weighted by Gasteiger charge is 2.13. The van der Waals surface area contributed by atoms with Gasteiger partial charge >= 0.3 is 0 Å². The summed E-state index contributed by atoms with van der Waals surface area (Å²) in [4.78, 5) is 24.0. The predicted octanol–water partition coefficient (Wildman–Crippen LogP) is 5.38. The maximum Gasteiger partial charge on any atom is 0.262 e. The van der Waals surface area contributed by atoms with E-state index in [0.717, 1.165) is 16.9 Å². The van der Waals surface area contributed by atoms with E-state index in [9.17, 15) is 15.2 Å². The van der Waals surface area contributed by atoms with Gasteiger partial charge in [0.1, 0.15) is 0 Å². The molecule has 1 heterocycles. The minimum atomic E-state index is -0.735. The molecule has 11 nitrogen and oxygen atoms in total. The lowest BCUT2D eigenvalue weighted by molar-refractivity contribution is -0.398. The van der Waals surface area contributed by atoms with Crippen molar-refractivity contribution < 1.29 is 10.0 Å². The summed E-state index contributed by atoms with van der Waals surface area (Å²) in [6.07, 6.45) is 1.65. The van der Waals surface area contributed by atoms with Crippen LogP contribution < -0.4 is 21.2 Å². The Morgan fingerprint density at radius 3 is 1.80 bits per heavy atom. The molecule has 0 bridgehead atoms. The standard InChI is InChI=1S/C29H24N8O3/c38-26-22(17-21(18-25(26)37(39)40)16-20-10-4-1-5-11-20)19-30-36-29-34-27(31-23-12-6-2-7-13-23)33-28(35-29)32-24-14-8-3-9-15-24/h1-15,17-19,38H,16H2,(H3,31,32,33,34,35,36)/p-1/b30-19-. The molecule has 198 valence electrons. The maximum atomic E-state index is 12.8. The van der Waals surface area contributed by atoms with Crippen molar-refractivity contribution in [3.8, 4) is 5.75 Å². The fourth-order valence-electron chi connectivity index (χ4n) is 3.86. The van der Waals surface area contributed by atoms with Crippen LogP contribution in [0.2, 0.25) is 0 Å². The number of nitro benzene ring substituents is 1. The van der Waals surface area contributed by atoms with E-state index in [1.54, 1.807) is 6.07 Å². The Kier molecular flexibility index (Phi) is 7.83. The van der Waals surface area contributed by atoms with Gasteiger partial charge in [-0.05, 0) is 59.2 Å². The van der Waals surface area contributed by atoms with Crippen molar-refractivity contribution in [1.82, 2.24) is 15.0 Å². The first kappa shape index (κ1) is 25.8. The zero-order chi connectivity index (χ0) is 27.7. The first-order valence-electron chi connectivity index (χ1n) is 12.2. The van der Waals surface area contributed by atoms with Crippen LogP contribution in [0.15, 0.2) is 108 Å². The lowest BCUT2D eigenvalue weighted by atomic mass is 10.0. The van der Waals surface area contributed by atoms with Gasteiger partial charge in [0.2, 0.25) is 17.8 Å². The zero-order valence-corrected chi connectivity index (χ0v) is 21.1. The van der Waals surface area contributed by atoms with Gasteiger partial charge in [-0.2, -0.15) is 20.1 Å². The average molecular weight is 532 g/mol. The molecule has 4 aromatic carbocycles. The minimum absolute atomic E-state index is 0.0620. The van der Waals surface area contributed by atoms with Gasteiger partial charge in [-0.15, -0.1) is 0 Å².